The molecule has 1 N–H and O–H groups in total. The predicted octanol–water partition coefficient (Wildman–Crippen LogP) is 1.98. The first kappa shape index (κ1) is 14.0. The molecule has 96 valence electrons. The fourth-order valence-electron chi connectivity index (χ4n) is 2.52. The van der Waals surface area contributed by atoms with Gasteiger partial charge >= 0.3 is 0 Å². The predicted molar refractivity (Wildman–Crippen MR) is 68.4 cm³/mol. The van der Waals surface area contributed by atoms with Gasteiger partial charge in [-0.05, 0) is 25.8 Å². The molecule has 1 saturated carbocycles. The molecule has 0 aliphatic heterocycles. The molecule has 1 unspecified atom stereocenters. The van der Waals surface area contributed by atoms with E-state index in [4.69, 9.17) is 0 Å². The van der Waals surface area contributed by atoms with Gasteiger partial charge in [0.25, 0.3) is 0 Å². The van der Waals surface area contributed by atoms with Crippen molar-refractivity contribution in [2.75, 3.05) is 18.6 Å². The Hall–Kier alpha value is -0.0900. The molecule has 3 nitrogen and oxygen atoms in total. The molecule has 0 saturated heterocycles. The van der Waals surface area contributed by atoms with Crippen molar-refractivity contribution in [3.05, 3.63) is 0 Å². The lowest BCUT2D eigenvalue weighted by molar-refractivity contribution is 0.330. The third-order valence-electron chi connectivity index (χ3n) is 3.32. The molecule has 0 spiro atoms. The van der Waals surface area contributed by atoms with Crippen LogP contribution in [0.2, 0.25) is 0 Å². The molecule has 0 bridgehead atoms. The molecule has 0 amide bonds. The average molecular weight is 247 g/mol. The highest BCUT2D eigenvalue weighted by Gasteiger charge is 2.14. The van der Waals surface area contributed by atoms with Crippen LogP contribution in [0.5, 0.6) is 0 Å². The van der Waals surface area contributed by atoms with Crippen molar-refractivity contribution in [3.8, 4) is 0 Å². The summed E-state index contributed by atoms with van der Waals surface area (Å²) in [6.45, 7) is 2.91. The minimum atomic E-state index is -2.84. The SMILES string of the molecule is CC(CS(C)(=O)=O)NCCC1CCCCC1. The molecule has 0 aromatic carbocycles. The molecule has 1 aliphatic carbocycles. The lowest BCUT2D eigenvalue weighted by atomic mass is 9.87. The first-order valence-electron chi connectivity index (χ1n) is 6.38. The second-order valence-corrected chi connectivity index (χ2v) is 7.43. The lowest BCUT2D eigenvalue weighted by Crippen LogP contribution is -2.34. The van der Waals surface area contributed by atoms with Gasteiger partial charge in [-0.25, -0.2) is 8.42 Å². The van der Waals surface area contributed by atoms with E-state index < -0.39 is 9.84 Å². The smallest absolute Gasteiger partial charge is 0.148 e. The summed E-state index contributed by atoms with van der Waals surface area (Å²) in [6.07, 6.45) is 9.38. The van der Waals surface area contributed by atoms with Crippen molar-refractivity contribution >= 4 is 9.84 Å². The van der Waals surface area contributed by atoms with Crippen molar-refractivity contribution in [1.82, 2.24) is 5.32 Å². The Labute approximate surface area is 99.9 Å². The van der Waals surface area contributed by atoms with E-state index in [0.29, 0.717) is 0 Å². The summed E-state index contributed by atoms with van der Waals surface area (Å²) >= 11 is 0. The Kier molecular flexibility index (Phi) is 5.76. The van der Waals surface area contributed by atoms with Gasteiger partial charge in [-0.15, -0.1) is 0 Å². The van der Waals surface area contributed by atoms with Gasteiger partial charge in [0.1, 0.15) is 9.84 Å². The molecule has 0 aromatic heterocycles. The van der Waals surface area contributed by atoms with Crippen LogP contribution >= 0.6 is 0 Å². The zero-order valence-corrected chi connectivity index (χ0v) is 11.4. The van der Waals surface area contributed by atoms with Gasteiger partial charge in [0, 0.05) is 12.3 Å². The van der Waals surface area contributed by atoms with Crippen molar-refractivity contribution in [3.63, 3.8) is 0 Å². The molecular weight excluding hydrogens is 222 g/mol. The largest absolute Gasteiger partial charge is 0.313 e. The molecule has 1 aliphatic rings. The fraction of sp³-hybridized carbons (Fsp3) is 1.00. The van der Waals surface area contributed by atoms with E-state index in [9.17, 15) is 8.42 Å². The van der Waals surface area contributed by atoms with Gasteiger partial charge in [-0.2, -0.15) is 0 Å². The van der Waals surface area contributed by atoms with Gasteiger partial charge in [0.15, 0.2) is 0 Å². The Morgan fingerprint density at radius 2 is 1.88 bits per heavy atom. The van der Waals surface area contributed by atoms with Crippen molar-refractivity contribution in [2.45, 2.75) is 51.5 Å². The van der Waals surface area contributed by atoms with Crippen LogP contribution in [0.1, 0.15) is 45.4 Å². The Morgan fingerprint density at radius 1 is 1.25 bits per heavy atom. The van der Waals surface area contributed by atoms with Gasteiger partial charge in [-0.1, -0.05) is 32.1 Å². The van der Waals surface area contributed by atoms with E-state index >= 15 is 0 Å². The molecule has 16 heavy (non-hydrogen) atoms. The fourth-order valence-corrected chi connectivity index (χ4v) is 3.55. The van der Waals surface area contributed by atoms with Crippen LogP contribution < -0.4 is 5.32 Å². The number of rotatable bonds is 6. The lowest BCUT2D eigenvalue weighted by Gasteiger charge is -2.22. The summed E-state index contributed by atoms with van der Waals surface area (Å²) < 4.78 is 22.1. The van der Waals surface area contributed by atoms with Crippen LogP contribution in [-0.4, -0.2) is 33.0 Å². The van der Waals surface area contributed by atoms with Gasteiger partial charge < -0.3 is 5.32 Å². The number of nitrogens with one attached hydrogen (secondary N) is 1. The van der Waals surface area contributed by atoms with Gasteiger partial charge in [0.05, 0.1) is 5.75 Å². The zero-order chi connectivity index (χ0) is 12.0. The molecule has 1 rings (SSSR count). The highest BCUT2D eigenvalue weighted by molar-refractivity contribution is 7.90. The van der Waals surface area contributed by atoms with Crippen molar-refractivity contribution in [2.24, 2.45) is 5.92 Å². The van der Waals surface area contributed by atoms with E-state index in [1.807, 2.05) is 6.92 Å². The highest BCUT2D eigenvalue weighted by atomic mass is 32.2. The van der Waals surface area contributed by atoms with Crippen LogP contribution in [0.3, 0.4) is 0 Å². The maximum Gasteiger partial charge on any atom is 0.148 e. The Bertz CT molecular complexity index is 281. The Balaban J connectivity index is 2.10. The number of sulfone groups is 1. The van der Waals surface area contributed by atoms with Crippen LogP contribution in [-0.2, 0) is 9.84 Å². The van der Waals surface area contributed by atoms with Gasteiger partial charge in [-0.3, -0.25) is 0 Å². The standard InChI is InChI=1S/C12H25NO2S/c1-11(10-16(2,14)15)13-9-8-12-6-4-3-5-7-12/h11-13H,3-10H2,1-2H3. The molecule has 0 radical (unpaired) electrons. The summed E-state index contributed by atoms with van der Waals surface area (Å²) in [7, 11) is -2.84. The molecule has 4 heteroatoms. The third-order valence-corrected chi connectivity index (χ3v) is 4.43. The number of hydrogen-bond acceptors (Lipinski definition) is 3. The quantitative estimate of drug-likeness (QED) is 0.780. The van der Waals surface area contributed by atoms with Crippen LogP contribution in [0, 0.1) is 5.92 Å². The highest BCUT2D eigenvalue weighted by Crippen LogP contribution is 2.25. The number of hydrogen-bond donors (Lipinski definition) is 1. The summed E-state index contributed by atoms with van der Waals surface area (Å²) in [5, 5.41) is 3.31. The minimum absolute atomic E-state index is 0.0820. The third kappa shape index (κ3) is 6.48. The van der Waals surface area contributed by atoms with E-state index in [1.54, 1.807) is 0 Å². The topological polar surface area (TPSA) is 46.2 Å². The molecular formula is C12H25NO2S. The normalized spacial score (nSPS) is 20.9. The first-order valence-corrected chi connectivity index (χ1v) is 8.44. The van der Waals surface area contributed by atoms with E-state index in [-0.39, 0.29) is 11.8 Å². The summed E-state index contributed by atoms with van der Waals surface area (Å²) in [6, 6.07) is 0.0820. The summed E-state index contributed by atoms with van der Waals surface area (Å²) in [4.78, 5) is 0. The molecule has 0 heterocycles. The van der Waals surface area contributed by atoms with Gasteiger partial charge in [0.2, 0.25) is 0 Å². The first-order chi connectivity index (χ1) is 7.47. The Morgan fingerprint density at radius 3 is 2.44 bits per heavy atom. The molecule has 1 fully saturated rings. The van der Waals surface area contributed by atoms with Crippen LogP contribution in [0.25, 0.3) is 0 Å². The minimum Gasteiger partial charge on any atom is -0.313 e. The van der Waals surface area contributed by atoms with E-state index in [1.165, 1.54) is 44.8 Å². The molecule has 1 atom stereocenters. The van der Waals surface area contributed by atoms with Crippen molar-refractivity contribution in [1.29, 1.82) is 0 Å². The maximum atomic E-state index is 11.1. The van der Waals surface area contributed by atoms with Crippen molar-refractivity contribution < 1.29 is 8.42 Å². The van der Waals surface area contributed by atoms with E-state index in [0.717, 1.165) is 12.5 Å². The molecule has 0 aromatic rings. The van der Waals surface area contributed by atoms with E-state index in [2.05, 4.69) is 5.32 Å². The van der Waals surface area contributed by atoms with Crippen LogP contribution in [0.4, 0.5) is 0 Å². The zero-order valence-electron chi connectivity index (χ0n) is 10.5. The van der Waals surface area contributed by atoms with Crippen LogP contribution in [0.15, 0.2) is 0 Å². The summed E-state index contributed by atoms with van der Waals surface area (Å²) in [5.41, 5.74) is 0. The average Bonchev–Trinajstić information content (AvgIpc) is 2.16. The summed E-state index contributed by atoms with van der Waals surface area (Å²) in [5.74, 6) is 1.11. The maximum absolute atomic E-state index is 11.1. The second kappa shape index (κ2) is 6.60. The monoisotopic (exact) mass is 247 g/mol. The second-order valence-electron chi connectivity index (χ2n) is 5.24.